The summed E-state index contributed by atoms with van der Waals surface area (Å²) in [7, 11) is 1.66. The number of benzene rings is 2. The van der Waals surface area contributed by atoms with E-state index in [4.69, 9.17) is 9.47 Å². The molecule has 5 heteroatoms. The van der Waals surface area contributed by atoms with Crippen molar-refractivity contribution in [2.75, 3.05) is 20.3 Å². The van der Waals surface area contributed by atoms with Crippen LogP contribution < -0.4 is 4.74 Å². The molecule has 0 saturated carbocycles. The van der Waals surface area contributed by atoms with Crippen LogP contribution in [0.4, 0.5) is 0 Å². The lowest BCUT2D eigenvalue weighted by atomic mass is 9.75. The van der Waals surface area contributed by atoms with Gasteiger partial charge in [0.05, 0.1) is 23.8 Å². The highest BCUT2D eigenvalue weighted by atomic mass is 16.5. The van der Waals surface area contributed by atoms with E-state index in [0.29, 0.717) is 23.6 Å². The molecule has 158 valence electrons. The van der Waals surface area contributed by atoms with Crippen LogP contribution in [0.1, 0.15) is 65.3 Å². The quantitative estimate of drug-likeness (QED) is 0.653. The van der Waals surface area contributed by atoms with Crippen molar-refractivity contribution >= 4 is 11.8 Å². The smallest absolute Gasteiger partial charge is 0.261 e. The van der Waals surface area contributed by atoms with Gasteiger partial charge < -0.3 is 9.47 Å². The molecule has 0 spiro atoms. The third-order valence-corrected chi connectivity index (χ3v) is 6.39. The van der Waals surface area contributed by atoms with Gasteiger partial charge in [0.1, 0.15) is 5.75 Å². The first-order valence-electron chi connectivity index (χ1n) is 10.6. The summed E-state index contributed by atoms with van der Waals surface area (Å²) in [5.41, 5.74) is 2.07. The molecule has 0 unspecified atom stereocenters. The van der Waals surface area contributed by atoms with Gasteiger partial charge in [-0.15, -0.1) is 0 Å². The Kier molecular flexibility index (Phi) is 5.65. The Balaban J connectivity index is 1.56. The first-order chi connectivity index (χ1) is 14.4. The fourth-order valence-electron chi connectivity index (χ4n) is 4.86. The van der Waals surface area contributed by atoms with E-state index in [-0.39, 0.29) is 23.3 Å². The van der Waals surface area contributed by atoms with Crippen LogP contribution in [0, 0.1) is 5.92 Å². The Labute approximate surface area is 178 Å². The Morgan fingerprint density at radius 1 is 1.07 bits per heavy atom. The largest absolute Gasteiger partial charge is 0.497 e. The normalized spacial score (nSPS) is 21.4. The second-order valence-electron chi connectivity index (χ2n) is 8.84. The molecule has 2 aliphatic heterocycles. The summed E-state index contributed by atoms with van der Waals surface area (Å²) in [5.74, 6) is 1.12. The predicted molar refractivity (Wildman–Crippen MR) is 115 cm³/mol. The molecule has 2 aromatic rings. The van der Waals surface area contributed by atoms with Gasteiger partial charge in [-0.3, -0.25) is 14.5 Å². The van der Waals surface area contributed by atoms with Crippen molar-refractivity contribution < 1.29 is 19.1 Å². The molecule has 0 radical (unpaired) electrons. The highest BCUT2D eigenvalue weighted by molar-refractivity contribution is 6.21. The van der Waals surface area contributed by atoms with Crippen molar-refractivity contribution in [2.24, 2.45) is 5.92 Å². The summed E-state index contributed by atoms with van der Waals surface area (Å²) in [4.78, 5) is 27.0. The summed E-state index contributed by atoms with van der Waals surface area (Å²) in [6.45, 7) is 5.42. The number of carbonyl (C=O) groups is 2. The maximum absolute atomic E-state index is 12.8. The zero-order valence-electron chi connectivity index (χ0n) is 17.9. The number of rotatable bonds is 6. The van der Waals surface area contributed by atoms with Crippen LogP contribution in [0.3, 0.4) is 0 Å². The lowest BCUT2D eigenvalue weighted by molar-refractivity contribution is -0.0774. The second kappa shape index (κ2) is 8.23. The van der Waals surface area contributed by atoms with Gasteiger partial charge in [0.25, 0.3) is 11.8 Å². The topological polar surface area (TPSA) is 55.8 Å². The highest BCUT2D eigenvalue weighted by Gasteiger charge is 2.38. The number of hydrogen-bond donors (Lipinski definition) is 0. The summed E-state index contributed by atoms with van der Waals surface area (Å²) in [6, 6.07) is 15.2. The lowest BCUT2D eigenvalue weighted by Crippen LogP contribution is -2.38. The van der Waals surface area contributed by atoms with Gasteiger partial charge in [0, 0.05) is 13.2 Å². The maximum atomic E-state index is 12.8. The molecule has 1 fully saturated rings. The van der Waals surface area contributed by atoms with Crippen molar-refractivity contribution in [2.45, 2.75) is 44.6 Å². The van der Waals surface area contributed by atoms with Gasteiger partial charge >= 0.3 is 0 Å². The van der Waals surface area contributed by atoms with E-state index in [1.54, 1.807) is 31.4 Å². The fourth-order valence-corrected chi connectivity index (χ4v) is 4.86. The molecular formula is C25H29NO4. The average Bonchev–Trinajstić information content (AvgIpc) is 2.99. The average molecular weight is 408 g/mol. The Hall–Kier alpha value is -2.66. The molecular weight excluding hydrogens is 378 g/mol. The first kappa shape index (κ1) is 20.6. The number of amides is 2. The molecule has 2 heterocycles. The van der Waals surface area contributed by atoms with Crippen molar-refractivity contribution in [1.82, 2.24) is 4.90 Å². The molecule has 2 atom stereocenters. The van der Waals surface area contributed by atoms with E-state index in [1.807, 2.05) is 12.1 Å². The number of nitrogens with zero attached hydrogens (tertiary/aromatic N) is 1. The monoisotopic (exact) mass is 407 g/mol. The number of methoxy groups -OCH3 is 1. The summed E-state index contributed by atoms with van der Waals surface area (Å²) >= 11 is 0. The van der Waals surface area contributed by atoms with Crippen LogP contribution in [-0.4, -0.2) is 42.6 Å². The van der Waals surface area contributed by atoms with E-state index in [0.717, 1.165) is 31.6 Å². The first-order valence-corrected chi connectivity index (χ1v) is 10.6. The predicted octanol–water partition coefficient (Wildman–Crippen LogP) is 4.67. The van der Waals surface area contributed by atoms with E-state index < -0.39 is 0 Å². The zero-order chi connectivity index (χ0) is 21.3. The van der Waals surface area contributed by atoms with Crippen molar-refractivity contribution in [3.63, 3.8) is 0 Å². The molecule has 5 nitrogen and oxygen atoms in total. The van der Waals surface area contributed by atoms with Gasteiger partial charge in [-0.2, -0.15) is 0 Å². The molecule has 30 heavy (non-hydrogen) atoms. The number of ether oxygens (including phenoxy) is 2. The Morgan fingerprint density at radius 2 is 1.70 bits per heavy atom. The summed E-state index contributed by atoms with van der Waals surface area (Å²) in [5, 5.41) is 0. The highest BCUT2D eigenvalue weighted by Crippen LogP contribution is 2.40. The standard InChI is InChI=1S/C25H29NO4/c1-25(2)16-18(13-15-30-25)20(17-8-10-19(29-3)11-9-17)12-14-26-23(27)21-6-4-5-7-22(21)24(26)28/h4-11,18,20H,12-16H2,1-3H3/t18-,20-/m1/s1. The maximum Gasteiger partial charge on any atom is 0.261 e. The number of imide groups is 1. The second-order valence-corrected chi connectivity index (χ2v) is 8.84. The van der Waals surface area contributed by atoms with Gasteiger partial charge in [-0.1, -0.05) is 24.3 Å². The minimum absolute atomic E-state index is 0.164. The third kappa shape index (κ3) is 3.99. The van der Waals surface area contributed by atoms with Crippen LogP contribution >= 0.6 is 0 Å². The fraction of sp³-hybridized carbons (Fsp3) is 0.440. The molecule has 4 rings (SSSR count). The molecule has 0 N–H and O–H groups in total. The van der Waals surface area contributed by atoms with Gasteiger partial charge in [0.15, 0.2) is 0 Å². The molecule has 0 aromatic heterocycles. The van der Waals surface area contributed by atoms with Crippen molar-refractivity contribution in [3.8, 4) is 5.75 Å². The van der Waals surface area contributed by atoms with E-state index >= 15 is 0 Å². The zero-order valence-corrected chi connectivity index (χ0v) is 17.9. The molecule has 2 aromatic carbocycles. The Morgan fingerprint density at radius 3 is 2.27 bits per heavy atom. The minimum Gasteiger partial charge on any atom is -0.497 e. The van der Waals surface area contributed by atoms with E-state index in [2.05, 4.69) is 26.0 Å². The third-order valence-electron chi connectivity index (χ3n) is 6.39. The minimum atomic E-state index is -0.184. The summed E-state index contributed by atoms with van der Waals surface area (Å²) in [6.07, 6.45) is 2.66. The molecule has 0 bridgehead atoms. The molecule has 2 aliphatic rings. The van der Waals surface area contributed by atoms with Crippen LogP contribution in [0.25, 0.3) is 0 Å². The SMILES string of the molecule is COc1ccc([C@@H](CCN2C(=O)c3ccccc3C2=O)[C@@H]2CCOC(C)(C)C2)cc1. The number of fused-ring (bicyclic) bond motifs is 1. The lowest BCUT2D eigenvalue weighted by Gasteiger charge is -2.40. The van der Waals surface area contributed by atoms with Crippen LogP contribution in [0.5, 0.6) is 5.75 Å². The number of hydrogen-bond acceptors (Lipinski definition) is 4. The van der Waals surface area contributed by atoms with Gasteiger partial charge in [-0.25, -0.2) is 0 Å². The van der Waals surface area contributed by atoms with Crippen molar-refractivity contribution in [1.29, 1.82) is 0 Å². The van der Waals surface area contributed by atoms with Crippen LogP contribution in [-0.2, 0) is 4.74 Å². The van der Waals surface area contributed by atoms with Crippen LogP contribution in [0.2, 0.25) is 0 Å². The Bertz CT molecular complexity index is 899. The summed E-state index contributed by atoms with van der Waals surface area (Å²) < 4.78 is 11.2. The molecule has 1 saturated heterocycles. The van der Waals surface area contributed by atoms with Gasteiger partial charge in [-0.05, 0) is 74.8 Å². The van der Waals surface area contributed by atoms with Gasteiger partial charge in [0.2, 0.25) is 0 Å². The van der Waals surface area contributed by atoms with Crippen molar-refractivity contribution in [3.05, 3.63) is 65.2 Å². The molecule has 2 amide bonds. The number of carbonyl (C=O) groups excluding carboxylic acids is 2. The molecule has 0 aliphatic carbocycles. The van der Waals surface area contributed by atoms with E-state index in [1.165, 1.54) is 10.5 Å². The van der Waals surface area contributed by atoms with Crippen LogP contribution in [0.15, 0.2) is 48.5 Å². The van der Waals surface area contributed by atoms with E-state index in [9.17, 15) is 9.59 Å².